The van der Waals surface area contributed by atoms with Crippen LogP contribution in [0.2, 0.25) is 0 Å². The van der Waals surface area contributed by atoms with Crippen molar-refractivity contribution >= 4 is 17.0 Å². The van der Waals surface area contributed by atoms with Crippen LogP contribution < -0.4 is 10.1 Å². The Morgan fingerprint density at radius 2 is 1.68 bits per heavy atom. The number of imidazole rings is 1. The van der Waals surface area contributed by atoms with E-state index in [-0.39, 0.29) is 6.61 Å². The predicted octanol–water partition coefficient (Wildman–Crippen LogP) is 3.08. The lowest BCUT2D eigenvalue weighted by atomic mass is 10.0. The first-order valence-electron chi connectivity index (χ1n) is 12.9. The average Bonchev–Trinajstić information content (AvgIpc) is 3.46. The van der Waals surface area contributed by atoms with Crippen LogP contribution in [0.4, 0.5) is 5.95 Å². The molecular formula is C29H33N3O6. The van der Waals surface area contributed by atoms with E-state index in [0.717, 1.165) is 34.4 Å². The topological polar surface area (TPSA) is 129 Å². The Kier molecular flexibility index (Phi) is 8.21. The first kappa shape index (κ1) is 26.1. The van der Waals surface area contributed by atoms with Gasteiger partial charge in [0.2, 0.25) is 5.95 Å². The number of nitrogens with zero attached hydrogens (tertiary/aromatic N) is 2. The molecule has 1 aliphatic heterocycles. The Hall–Kier alpha value is -3.47. The van der Waals surface area contributed by atoms with Gasteiger partial charge >= 0.3 is 0 Å². The Bertz CT molecular complexity index is 1340. The quantitative estimate of drug-likeness (QED) is 0.191. The van der Waals surface area contributed by atoms with Crippen molar-refractivity contribution in [3.63, 3.8) is 0 Å². The van der Waals surface area contributed by atoms with Crippen molar-refractivity contribution in [1.82, 2.24) is 9.55 Å². The molecule has 0 amide bonds. The van der Waals surface area contributed by atoms with E-state index in [1.165, 1.54) is 0 Å². The third-order valence-corrected chi connectivity index (χ3v) is 6.71. The molecule has 0 radical (unpaired) electrons. The van der Waals surface area contributed by atoms with Crippen LogP contribution in [-0.2, 0) is 11.3 Å². The number of anilines is 1. The highest BCUT2D eigenvalue weighted by molar-refractivity contribution is 5.79. The summed E-state index contributed by atoms with van der Waals surface area (Å²) in [6.07, 6.45) is -2.81. The summed E-state index contributed by atoms with van der Waals surface area (Å²) in [5.74, 6) is 1.20. The van der Waals surface area contributed by atoms with Crippen LogP contribution in [0.25, 0.3) is 22.2 Å². The third kappa shape index (κ3) is 5.52. The van der Waals surface area contributed by atoms with Gasteiger partial charge in [0.05, 0.1) is 24.2 Å². The van der Waals surface area contributed by atoms with Gasteiger partial charge in [0.1, 0.15) is 24.1 Å². The zero-order chi connectivity index (χ0) is 26.5. The molecule has 5 rings (SSSR count). The van der Waals surface area contributed by atoms with E-state index >= 15 is 0 Å². The van der Waals surface area contributed by atoms with E-state index in [4.69, 9.17) is 19.6 Å². The molecular weight excluding hydrogens is 486 g/mol. The predicted molar refractivity (Wildman–Crippen MR) is 144 cm³/mol. The Morgan fingerprint density at radius 3 is 2.45 bits per heavy atom. The number of para-hydroxylation sites is 2. The molecule has 0 saturated carbocycles. The first-order valence-corrected chi connectivity index (χ1v) is 12.9. The van der Waals surface area contributed by atoms with Crippen LogP contribution in [0, 0.1) is 0 Å². The normalized spacial score (nSPS) is 21.2. The molecule has 4 atom stereocenters. The fraction of sp³-hybridized carbons (Fsp3) is 0.345. The molecule has 1 saturated heterocycles. The number of unbranched alkanes of at least 4 members (excludes halogenated alkanes) is 1. The zero-order valence-corrected chi connectivity index (χ0v) is 21.0. The highest BCUT2D eigenvalue weighted by Gasteiger charge is 2.44. The number of ether oxygens (including phenoxy) is 2. The van der Waals surface area contributed by atoms with Crippen LogP contribution >= 0.6 is 0 Å². The molecule has 200 valence electrons. The molecule has 0 spiro atoms. The van der Waals surface area contributed by atoms with Gasteiger partial charge < -0.3 is 35.2 Å². The van der Waals surface area contributed by atoms with Gasteiger partial charge in [-0.1, -0.05) is 42.5 Å². The molecule has 9 nitrogen and oxygen atoms in total. The maximum absolute atomic E-state index is 10.7. The summed E-state index contributed by atoms with van der Waals surface area (Å²) in [5.41, 5.74) is 4.48. The number of aliphatic hydroxyl groups excluding tert-OH is 4. The molecule has 1 fully saturated rings. The highest BCUT2D eigenvalue weighted by Crippen LogP contribution is 2.35. The summed E-state index contributed by atoms with van der Waals surface area (Å²) in [6.45, 7) is 0.648. The monoisotopic (exact) mass is 519 g/mol. The first-order chi connectivity index (χ1) is 18.6. The van der Waals surface area contributed by atoms with E-state index in [1.54, 1.807) is 4.57 Å². The maximum atomic E-state index is 10.7. The summed E-state index contributed by atoms with van der Waals surface area (Å²) < 4.78 is 13.6. The number of benzene rings is 3. The summed E-state index contributed by atoms with van der Waals surface area (Å²) in [5, 5.41) is 43.1. The van der Waals surface area contributed by atoms with Crippen LogP contribution in [0.1, 0.15) is 24.6 Å². The second-order valence-electron chi connectivity index (χ2n) is 9.39. The minimum atomic E-state index is -1.23. The van der Waals surface area contributed by atoms with E-state index in [0.29, 0.717) is 31.0 Å². The van der Waals surface area contributed by atoms with Crippen molar-refractivity contribution in [2.24, 2.45) is 0 Å². The molecule has 0 bridgehead atoms. The molecule has 2 heterocycles. The molecule has 0 unspecified atom stereocenters. The van der Waals surface area contributed by atoms with E-state index < -0.39 is 31.1 Å². The molecule has 5 N–H and O–H groups in total. The van der Waals surface area contributed by atoms with Gasteiger partial charge in [0.15, 0.2) is 6.23 Å². The van der Waals surface area contributed by atoms with Crippen molar-refractivity contribution in [3.8, 4) is 16.9 Å². The van der Waals surface area contributed by atoms with Gasteiger partial charge in [-0.15, -0.1) is 0 Å². The standard InChI is InChI=1S/C29H33N3O6/c33-12-6-7-13-37-22-15-19(14-21(16-22)20-8-2-1-3-9-20)17-30-29-31-23-10-4-5-11-24(23)32(29)28-27(36)26(35)25(18-34)38-28/h1-5,8-11,14-16,25-28,33-36H,6-7,12-13,17-18H2,(H,30,31)/t25-,26-,27-,28-/m1/s1. The number of hydrogen-bond donors (Lipinski definition) is 5. The highest BCUT2D eigenvalue weighted by atomic mass is 16.6. The smallest absolute Gasteiger partial charge is 0.206 e. The molecule has 4 aromatic rings. The van der Waals surface area contributed by atoms with Crippen molar-refractivity contribution < 1.29 is 29.9 Å². The van der Waals surface area contributed by atoms with Crippen molar-refractivity contribution in [2.45, 2.75) is 43.9 Å². The number of fused-ring (bicyclic) bond motifs is 1. The lowest BCUT2D eigenvalue weighted by Gasteiger charge is -2.20. The van der Waals surface area contributed by atoms with Gasteiger partial charge in [-0.2, -0.15) is 0 Å². The van der Waals surface area contributed by atoms with Gasteiger partial charge in [-0.25, -0.2) is 4.98 Å². The summed E-state index contributed by atoms with van der Waals surface area (Å²) in [6, 6.07) is 23.6. The number of aliphatic hydroxyl groups is 4. The fourth-order valence-corrected chi connectivity index (χ4v) is 4.75. The Labute approximate surface area is 220 Å². The average molecular weight is 520 g/mol. The molecule has 9 heteroatoms. The van der Waals surface area contributed by atoms with Crippen LogP contribution in [-0.4, -0.2) is 68.1 Å². The van der Waals surface area contributed by atoms with Gasteiger partial charge in [0, 0.05) is 13.2 Å². The summed E-state index contributed by atoms with van der Waals surface area (Å²) in [7, 11) is 0. The number of nitrogens with one attached hydrogen (secondary N) is 1. The largest absolute Gasteiger partial charge is 0.494 e. The third-order valence-electron chi connectivity index (χ3n) is 6.71. The number of hydrogen-bond acceptors (Lipinski definition) is 8. The fourth-order valence-electron chi connectivity index (χ4n) is 4.75. The van der Waals surface area contributed by atoms with Crippen LogP contribution in [0.15, 0.2) is 72.8 Å². The zero-order valence-electron chi connectivity index (χ0n) is 21.0. The number of aromatic nitrogens is 2. The maximum Gasteiger partial charge on any atom is 0.206 e. The lowest BCUT2D eigenvalue weighted by Crippen LogP contribution is -2.33. The van der Waals surface area contributed by atoms with Crippen LogP contribution in [0.5, 0.6) is 5.75 Å². The molecule has 0 aliphatic carbocycles. The second-order valence-corrected chi connectivity index (χ2v) is 9.39. The van der Waals surface area contributed by atoms with Gasteiger partial charge in [0.25, 0.3) is 0 Å². The second kappa shape index (κ2) is 11.9. The SMILES string of the molecule is OCCCCOc1cc(CNc2nc3ccccc3n2[C@@H]2O[C@H](CO)[C@@H](O)[C@H]2O)cc(-c2ccccc2)c1. The molecule has 1 aliphatic rings. The van der Waals surface area contributed by atoms with Gasteiger partial charge in [-0.05, 0) is 59.9 Å². The Morgan fingerprint density at radius 1 is 0.895 bits per heavy atom. The minimum absolute atomic E-state index is 0.138. The lowest BCUT2D eigenvalue weighted by molar-refractivity contribution is -0.0499. The van der Waals surface area contributed by atoms with Crippen LogP contribution in [0.3, 0.4) is 0 Å². The van der Waals surface area contributed by atoms with Crippen molar-refractivity contribution in [3.05, 3.63) is 78.4 Å². The molecule has 38 heavy (non-hydrogen) atoms. The summed E-state index contributed by atoms with van der Waals surface area (Å²) in [4.78, 5) is 4.72. The van der Waals surface area contributed by atoms with Crippen molar-refractivity contribution in [1.29, 1.82) is 0 Å². The number of rotatable bonds is 11. The molecule has 1 aromatic heterocycles. The Balaban J connectivity index is 1.44. The summed E-state index contributed by atoms with van der Waals surface area (Å²) >= 11 is 0. The van der Waals surface area contributed by atoms with Crippen molar-refractivity contribution in [2.75, 3.05) is 25.1 Å². The minimum Gasteiger partial charge on any atom is -0.494 e. The van der Waals surface area contributed by atoms with E-state index in [1.807, 2.05) is 66.7 Å². The molecule has 3 aromatic carbocycles. The van der Waals surface area contributed by atoms with E-state index in [9.17, 15) is 15.3 Å². The van der Waals surface area contributed by atoms with E-state index in [2.05, 4.69) is 11.4 Å². The van der Waals surface area contributed by atoms with Gasteiger partial charge in [-0.3, -0.25) is 4.57 Å².